The molecule has 6 heteroatoms. The van der Waals surface area contributed by atoms with E-state index in [1.807, 2.05) is 29.2 Å². The normalized spacial score (nSPS) is 28.1. The molecule has 0 aromatic heterocycles. The van der Waals surface area contributed by atoms with Crippen molar-refractivity contribution in [3.05, 3.63) is 24.3 Å². The van der Waals surface area contributed by atoms with Crippen LogP contribution in [-0.2, 0) is 14.3 Å². The highest BCUT2D eigenvalue weighted by molar-refractivity contribution is 5.98. The monoisotopic (exact) mass is 303 g/mol. The maximum atomic E-state index is 12.6. The maximum Gasteiger partial charge on any atom is 0.241 e. The van der Waals surface area contributed by atoms with E-state index in [1.165, 1.54) is 0 Å². The van der Waals surface area contributed by atoms with Crippen LogP contribution in [0.2, 0.25) is 0 Å². The lowest BCUT2D eigenvalue weighted by Crippen LogP contribution is -2.63. The van der Waals surface area contributed by atoms with Crippen LogP contribution in [0.1, 0.15) is 12.8 Å². The molecule has 3 aliphatic rings. The van der Waals surface area contributed by atoms with Crippen molar-refractivity contribution >= 4 is 17.3 Å². The van der Waals surface area contributed by atoms with Gasteiger partial charge in [0.15, 0.2) is 5.79 Å². The number of piperazine rings is 1. The molecule has 0 aliphatic carbocycles. The molecule has 1 unspecified atom stereocenters. The Balaban J connectivity index is 1.53. The first-order valence-corrected chi connectivity index (χ1v) is 7.84. The topological polar surface area (TPSA) is 68.0 Å². The van der Waals surface area contributed by atoms with E-state index in [1.54, 1.807) is 0 Å². The van der Waals surface area contributed by atoms with Crippen LogP contribution in [0.3, 0.4) is 0 Å². The highest BCUT2D eigenvalue weighted by atomic mass is 16.7. The molecule has 3 aliphatic heterocycles. The molecule has 1 aromatic carbocycles. The number of para-hydroxylation sites is 2. The smallest absolute Gasteiger partial charge is 0.241 e. The van der Waals surface area contributed by atoms with Crippen LogP contribution in [0.5, 0.6) is 0 Å². The number of anilines is 2. The van der Waals surface area contributed by atoms with Crippen molar-refractivity contribution in [1.29, 1.82) is 0 Å². The van der Waals surface area contributed by atoms with Crippen molar-refractivity contribution in [3.63, 3.8) is 0 Å². The van der Waals surface area contributed by atoms with Crippen molar-refractivity contribution in [1.82, 2.24) is 4.90 Å². The SMILES string of the molecule is Nc1ccccc1N1CC2CCC3(CN2CC1=O)OCCO3. The van der Waals surface area contributed by atoms with Gasteiger partial charge in [0, 0.05) is 19.0 Å². The number of ether oxygens (including phenoxy) is 2. The van der Waals surface area contributed by atoms with Gasteiger partial charge >= 0.3 is 0 Å². The second-order valence-electron chi connectivity index (χ2n) is 6.27. The fourth-order valence-corrected chi connectivity index (χ4v) is 3.75. The summed E-state index contributed by atoms with van der Waals surface area (Å²) in [6, 6.07) is 7.90. The molecule has 1 atom stereocenters. The number of nitrogens with zero attached hydrogens (tertiary/aromatic N) is 2. The summed E-state index contributed by atoms with van der Waals surface area (Å²) in [7, 11) is 0. The summed E-state index contributed by atoms with van der Waals surface area (Å²) in [5, 5.41) is 0. The molecule has 22 heavy (non-hydrogen) atoms. The molecule has 3 heterocycles. The molecule has 3 fully saturated rings. The molecule has 118 valence electrons. The van der Waals surface area contributed by atoms with Crippen LogP contribution >= 0.6 is 0 Å². The predicted molar refractivity (Wildman–Crippen MR) is 82.4 cm³/mol. The Morgan fingerprint density at radius 2 is 2.00 bits per heavy atom. The maximum absolute atomic E-state index is 12.6. The largest absolute Gasteiger partial charge is 0.397 e. The van der Waals surface area contributed by atoms with Crippen molar-refractivity contribution in [2.24, 2.45) is 0 Å². The quantitative estimate of drug-likeness (QED) is 0.778. The number of carbonyl (C=O) groups excluding carboxylic acids is 1. The van der Waals surface area contributed by atoms with Gasteiger partial charge in [0.2, 0.25) is 5.91 Å². The molecule has 1 aromatic rings. The first-order chi connectivity index (χ1) is 10.7. The molecule has 2 N–H and O–H groups in total. The van der Waals surface area contributed by atoms with Gasteiger partial charge in [0.1, 0.15) is 0 Å². The number of fused-ring (bicyclic) bond motifs is 1. The van der Waals surface area contributed by atoms with Crippen LogP contribution < -0.4 is 10.6 Å². The zero-order valence-corrected chi connectivity index (χ0v) is 12.5. The standard InChI is InChI=1S/C16H21N3O3/c17-13-3-1-2-4-14(13)19-9-12-5-6-16(21-7-8-22-16)11-18(12)10-15(19)20/h1-4,12H,5-11,17H2. The van der Waals surface area contributed by atoms with Gasteiger partial charge in [-0.2, -0.15) is 0 Å². The van der Waals surface area contributed by atoms with E-state index in [9.17, 15) is 4.79 Å². The zero-order valence-electron chi connectivity index (χ0n) is 12.5. The van der Waals surface area contributed by atoms with Gasteiger partial charge in [-0.15, -0.1) is 0 Å². The number of nitrogen functional groups attached to an aromatic ring is 1. The van der Waals surface area contributed by atoms with Crippen LogP contribution in [0, 0.1) is 0 Å². The Bertz CT molecular complexity index is 586. The minimum atomic E-state index is -0.481. The molecule has 0 bridgehead atoms. The summed E-state index contributed by atoms with van der Waals surface area (Å²) >= 11 is 0. The molecular formula is C16H21N3O3. The average molecular weight is 303 g/mol. The number of amides is 1. The molecule has 0 saturated carbocycles. The molecule has 6 nitrogen and oxygen atoms in total. The van der Waals surface area contributed by atoms with Crippen LogP contribution in [0.4, 0.5) is 11.4 Å². The zero-order chi connectivity index (χ0) is 15.2. The third-order valence-electron chi connectivity index (χ3n) is 4.89. The number of piperidine rings is 1. The molecule has 4 rings (SSSR count). The van der Waals surface area contributed by atoms with Crippen LogP contribution in [-0.4, -0.2) is 55.5 Å². The van der Waals surface area contributed by atoms with E-state index in [2.05, 4.69) is 4.90 Å². The summed E-state index contributed by atoms with van der Waals surface area (Å²) < 4.78 is 11.6. The van der Waals surface area contributed by atoms with Crippen molar-refractivity contribution in [2.45, 2.75) is 24.7 Å². The Hall–Kier alpha value is -1.63. The highest BCUT2D eigenvalue weighted by Gasteiger charge is 2.47. The van der Waals surface area contributed by atoms with Crippen LogP contribution in [0.25, 0.3) is 0 Å². The number of nitrogens with two attached hydrogens (primary N) is 1. The van der Waals surface area contributed by atoms with E-state index in [4.69, 9.17) is 15.2 Å². The van der Waals surface area contributed by atoms with E-state index >= 15 is 0 Å². The van der Waals surface area contributed by atoms with Gasteiger partial charge in [0.05, 0.1) is 37.7 Å². The molecule has 0 radical (unpaired) electrons. The van der Waals surface area contributed by atoms with Gasteiger partial charge in [0.25, 0.3) is 0 Å². The molecular weight excluding hydrogens is 282 g/mol. The van der Waals surface area contributed by atoms with Crippen molar-refractivity contribution < 1.29 is 14.3 Å². The van der Waals surface area contributed by atoms with Crippen LogP contribution in [0.15, 0.2) is 24.3 Å². The third kappa shape index (κ3) is 2.27. The van der Waals surface area contributed by atoms with Crippen molar-refractivity contribution in [3.8, 4) is 0 Å². The highest BCUT2D eigenvalue weighted by Crippen LogP contribution is 2.36. The second kappa shape index (κ2) is 5.22. The molecule has 1 amide bonds. The predicted octanol–water partition coefficient (Wildman–Crippen LogP) is 0.823. The third-order valence-corrected chi connectivity index (χ3v) is 4.89. The summed E-state index contributed by atoms with van der Waals surface area (Å²) in [4.78, 5) is 16.6. The number of rotatable bonds is 1. The Kier molecular flexibility index (Phi) is 3.32. The second-order valence-corrected chi connectivity index (χ2v) is 6.27. The summed E-state index contributed by atoms with van der Waals surface area (Å²) in [5.74, 6) is -0.394. The van der Waals surface area contributed by atoms with Crippen molar-refractivity contribution in [2.75, 3.05) is 43.5 Å². The van der Waals surface area contributed by atoms with Gasteiger partial charge in [-0.05, 0) is 18.6 Å². The first-order valence-electron chi connectivity index (χ1n) is 7.84. The minimum Gasteiger partial charge on any atom is -0.397 e. The molecule has 1 spiro atoms. The molecule has 3 saturated heterocycles. The summed E-state index contributed by atoms with van der Waals surface area (Å²) in [6.07, 6.45) is 1.86. The van der Waals surface area contributed by atoms with Gasteiger partial charge in [-0.1, -0.05) is 12.1 Å². The lowest BCUT2D eigenvalue weighted by molar-refractivity contribution is -0.199. The Labute approximate surface area is 129 Å². The van der Waals surface area contributed by atoms with E-state index < -0.39 is 5.79 Å². The van der Waals surface area contributed by atoms with E-state index in [0.717, 1.165) is 18.5 Å². The number of hydrogen-bond donors (Lipinski definition) is 1. The Morgan fingerprint density at radius 3 is 2.77 bits per heavy atom. The summed E-state index contributed by atoms with van der Waals surface area (Å²) in [6.45, 7) is 3.07. The first kappa shape index (κ1) is 14.0. The minimum absolute atomic E-state index is 0.0872. The number of carbonyl (C=O) groups is 1. The van der Waals surface area contributed by atoms with E-state index in [0.29, 0.717) is 44.6 Å². The number of benzene rings is 1. The lowest BCUT2D eigenvalue weighted by Gasteiger charge is -2.48. The number of hydrogen-bond acceptors (Lipinski definition) is 5. The summed E-state index contributed by atoms with van der Waals surface area (Å²) in [5.41, 5.74) is 7.50. The van der Waals surface area contributed by atoms with E-state index in [-0.39, 0.29) is 5.91 Å². The van der Waals surface area contributed by atoms with Gasteiger partial charge in [-0.3, -0.25) is 9.69 Å². The Morgan fingerprint density at radius 1 is 1.23 bits per heavy atom. The van der Waals surface area contributed by atoms with Gasteiger partial charge in [-0.25, -0.2) is 0 Å². The fourth-order valence-electron chi connectivity index (χ4n) is 3.75. The van der Waals surface area contributed by atoms with Gasteiger partial charge < -0.3 is 20.1 Å². The fraction of sp³-hybridized carbons (Fsp3) is 0.562. The average Bonchev–Trinajstić information content (AvgIpc) is 2.95. The lowest BCUT2D eigenvalue weighted by atomic mass is 9.94.